The molecule has 0 aliphatic heterocycles. The standard InChI is InChI=1S/C18H20F3N3O5/c1-9(11-4-5-11)24(7-18(19,20)21)12(25)6-28-17(27)13-10(2)29-15-14(13)16(26)23(3)8-22-15/h8-9,11H,4-7H2,1-3H3/t9-/m1/s1. The molecule has 2 aromatic heterocycles. The van der Waals surface area contributed by atoms with Gasteiger partial charge in [0.15, 0.2) is 6.61 Å². The molecule has 0 spiro atoms. The van der Waals surface area contributed by atoms with Crippen molar-refractivity contribution in [2.45, 2.75) is 38.9 Å². The third kappa shape index (κ3) is 4.43. The maximum absolute atomic E-state index is 12.9. The summed E-state index contributed by atoms with van der Waals surface area (Å²) in [5, 5.41) is -0.108. The van der Waals surface area contributed by atoms with Gasteiger partial charge >= 0.3 is 12.1 Å². The minimum atomic E-state index is -4.57. The Morgan fingerprint density at radius 2 is 2.07 bits per heavy atom. The van der Waals surface area contributed by atoms with E-state index < -0.39 is 42.8 Å². The number of fused-ring (bicyclic) bond motifs is 1. The summed E-state index contributed by atoms with van der Waals surface area (Å²) in [4.78, 5) is 41.8. The molecule has 1 fully saturated rings. The summed E-state index contributed by atoms with van der Waals surface area (Å²) in [6.07, 6.45) is -1.85. The third-order valence-corrected chi connectivity index (χ3v) is 4.94. The molecule has 0 aromatic carbocycles. The zero-order valence-corrected chi connectivity index (χ0v) is 16.1. The van der Waals surface area contributed by atoms with Gasteiger partial charge in [-0.05, 0) is 32.6 Å². The second-order valence-corrected chi connectivity index (χ2v) is 7.17. The van der Waals surface area contributed by atoms with Crippen LogP contribution in [0.25, 0.3) is 11.1 Å². The van der Waals surface area contributed by atoms with Gasteiger partial charge in [0, 0.05) is 13.1 Å². The molecule has 1 saturated carbocycles. The number of carbonyl (C=O) groups excluding carboxylic acids is 2. The summed E-state index contributed by atoms with van der Waals surface area (Å²) in [6.45, 7) is 0.675. The summed E-state index contributed by atoms with van der Waals surface area (Å²) in [7, 11) is 1.43. The lowest BCUT2D eigenvalue weighted by atomic mass is 10.1. The van der Waals surface area contributed by atoms with Crippen molar-refractivity contribution in [2.24, 2.45) is 13.0 Å². The van der Waals surface area contributed by atoms with E-state index in [-0.39, 0.29) is 28.3 Å². The third-order valence-electron chi connectivity index (χ3n) is 4.94. The van der Waals surface area contributed by atoms with Gasteiger partial charge in [-0.25, -0.2) is 9.78 Å². The fourth-order valence-corrected chi connectivity index (χ4v) is 3.20. The van der Waals surface area contributed by atoms with Gasteiger partial charge < -0.3 is 18.6 Å². The van der Waals surface area contributed by atoms with Crippen molar-refractivity contribution >= 4 is 23.0 Å². The van der Waals surface area contributed by atoms with Crippen molar-refractivity contribution in [1.29, 1.82) is 0 Å². The average molecular weight is 415 g/mol. The van der Waals surface area contributed by atoms with E-state index in [9.17, 15) is 27.6 Å². The van der Waals surface area contributed by atoms with Crippen LogP contribution in [-0.2, 0) is 16.6 Å². The lowest BCUT2D eigenvalue weighted by Crippen LogP contribution is -2.47. The number of esters is 1. The second kappa shape index (κ2) is 7.53. The van der Waals surface area contributed by atoms with Crippen molar-refractivity contribution in [3.63, 3.8) is 0 Å². The predicted molar refractivity (Wildman–Crippen MR) is 94.2 cm³/mol. The molecule has 1 atom stereocenters. The van der Waals surface area contributed by atoms with Crippen molar-refractivity contribution in [3.8, 4) is 0 Å². The zero-order valence-electron chi connectivity index (χ0n) is 16.1. The highest BCUT2D eigenvalue weighted by molar-refractivity contribution is 6.03. The Morgan fingerprint density at radius 1 is 1.41 bits per heavy atom. The van der Waals surface area contributed by atoms with E-state index >= 15 is 0 Å². The van der Waals surface area contributed by atoms with E-state index in [4.69, 9.17) is 9.15 Å². The van der Waals surface area contributed by atoms with Crippen LogP contribution in [0.3, 0.4) is 0 Å². The molecule has 11 heteroatoms. The lowest BCUT2D eigenvalue weighted by molar-refractivity contribution is -0.167. The van der Waals surface area contributed by atoms with Crippen LogP contribution in [0.2, 0.25) is 0 Å². The summed E-state index contributed by atoms with van der Waals surface area (Å²) >= 11 is 0. The van der Waals surface area contributed by atoms with Gasteiger partial charge in [0.25, 0.3) is 11.5 Å². The van der Waals surface area contributed by atoms with Gasteiger partial charge in [-0.15, -0.1) is 0 Å². The van der Waals surface area contributed by atoms with Crippen LogP contribution in [0.5, 0.6) is 0 Å². The summed E-state index contributed by atoms with van der Waals surface area (Å²) in [5.74, 6) is -1.92. The molecule has 0 N–H and O–H groups in total. The quantitative estimate of drug-likeness (QED) is 0.672. The molecule has 29 heavy (non-hydrogen) atoms. The number of halogens is 3. The fourth-order valence-electron chi connectivity index (χ4n) is 3.20. The van der Waals surface area contributed by atoms with Crippen LogP contribution in [0.1, 0.15) is 35.9 Å². The van der Waals surface area contributed by atoms with Crippen molar-refractivity contribution in [1.82, 2.24) is 14.5 Å². The van der Waals surface area contributed by atoms with E-state index in [1.165, 1.54) is 20.3 Å². The molecule has 0 saturated heterocycles. The Labute approximate surface area is 163 Å². The first kappa shape index (κ1) is 20.9. The van der Waals surface area contributed by atoms with Crippen LogP contribution in [0.4, 0.5) is 13.2 Å². The number of amides is 1. The SMILES string of the molecule is Cc1oc2ncn(C)c(=O)c2c1C(=O)OCC(=O)N(CC(F)(F)F)[C@H](C)C1CC1. The normalized spacial score (nSPS) is 15.4. The molecule has 0 unspecified atom stereocenters. The molecular formula is C18H20F3N3O5. The maximum Gasteiger partial charge on any atom is 0.406 e. The van der Waals surface area contributed by atoms with E-state index in [0.29, 0.717) is 4.90 Å². The largest absolute Gasteiger partial charge is 0.452 e. The molecule has 1 aliphatic rings. The van der Waals surface area contributed by atoms with E-state index in [1.807, 2.05) is 0 Å². The fraction of sp³-hybridized carbons (Fsp3) is 0.556. The van der Waals surface area contributed by atoms with Crippen LogP contribution in [0.15, 0.2) is 15.5 Å². The summed E-state index contributed by atoms with van der Waals surface area (Å²) in [6, 6.07) is -0.615. The Balaban J connectivity index is 1.78. The van der Waals surface area contributed by atoms with Crippen molar-refractivity contribution < 1.29 is 31.9 Å². The summed E-state index contributed by atoms with van der Waals surface area (Å²) in [5.41, 5.74) is -0.810. The Kier molecular flexibility index (Phi) is 5.42. The number of hydrogen-bond donors (Lipinski definition) is 0. The van der Waals surface area contributed by atoms with Gasteiger partial charge in [-0.2, -0.15) is 13.2 Å². The first-order chi connectivity index (χ1) is 13.5. The maximum atomic E-state index is 12.9. The molecule has 2 heterocycles. The van der Waals surface area contributed by atoms with Crippen LogP contribution < -0.4 is 5.56 Å². The number of rotatable bonds is 6. The second-order valence-electron chi connectivity index (χ2n) is 7.17. The molecular weight excluding hydrogens is 395 g/mol. The lowest BCUT2D eigenvalue weighted by Gasteiger charge is -2.30. The molecule has 1 amide bonds. The highest BCUT2D eigenvalue weighted by atomic mass is 19.4. The zero-order chi connectivity index (χ0) is 21.5. The Hall–Kier alpha value is -2.85. The van der Waals surface area contributed by atoms with Gasteiger partial charge in [-0.1, -0.05) is 0 Å². The number of ether oxygens (including phenoxy) is 1. The molecule has 2 aromatic rings. The highest BCUT2D eigenvalue weighted by Gasteiger charge is 2.40. The number of alkyl halides is 3. The van der Waals surface area contributed by atoms with Gasteiger partial charge in [0.05, 0.1) is 0 Å². The van der Waals surface area contributed by atoms with Gasteiger partial charge in [0.1, 0.15) is 29.6 Å². The van der Waals surface area contributed by atoms with Crippen molar-refractivity contribution in [3.05, 3.63) is 28.0 Å². The van der Waals surface area contributed by atoms with E-state index in [0.717, 1.165) is 17.4 Å². The van der Waals surface area contributed by atoms with Crippen molar-refractivity contribution in [2.75, 3.05) is 13.2 Å². The Bertz CT molecular complexity index is 1010. The molecule has 0 bridgehead atoms. The summed E-state index contributed by atoms with van der Waals surface area (Å²) < 4.78 is 50.0. The number of nitrogens with zero attached hydrogens (tertiary/aromatic N) is 3. The molecule has 0 radical (unpaired) electrons. The topological polar surface area (TPSA) is 94.6 Å². The van der Waals surface area contributed by atoms with Gasteiger partial charge in [-0.3, -0.25) is 9.59 Å². The first-order valence-corrected chi connectivity index (χ1v) is 8.97. The number of furan rings is 1. The monoisotopic (exact) mass is 415 g/mol. The number of carbonyl (C=O) groups is 2. The van der Waals surface area contributed by atoms with E-state index in [2.05, 4.69) is 4.98 Å². The minimum absolute atomic E-state index is 0.00570. The molecule has 158 valence electrons. The van der Waals surface area contributed by atoms with Crippen LogP contribution >= 0.6 is 0 Å². The van der Waals surface area contributed by atoms with E-state index in [1.54, 1.807) is 6.92 Å². The average Bonchev–Trinajstić information content (AvgIpc) is 3.42. The Morgan fingerprint density at radius 3 is 2.66 bits per heavy atom. The molecule has 1 aliphatic carbocycles. The van der Waals surface area contributed by atoms with Crippen LogP contribution in [-0.4, -0.2) is 51.7 Å². The minimum Gasteiger partial charge on any atom is -0.452 e. The van der Waals surface area contributed by atoms with Crippen LogP contribution in [0, 0.1) is 12.8 Å². The highest BCUT2D eigenvalue weighted by Crippen LogP contribution is 2.36. The van der Waals surface area contributed by atoms with Gasteiger partial charge in [0.2, 0.25) is 5.71 Å². The first-order valence-electron chi connectivity index (χ1n) is 8.97. The number of hydrogen-bond acceptors (Lipinski definition) is 6. The number of aromatic nitrogens is 2. The number of aryl methyl sites for hydroxylation is 2. The molecule has 8 nitrogen and oxygen atoms in total. The smallest absolute Gasteiger partial charge is 0.406 e. The predicted octanol–water partition coefficient (Wildman–Crippen LogP) is 2.18. The molecule has 3 rings (SSSR count).